The molecule has 26 heavy (non-hydrogen) atoms. The van der Waals surface area contributed by atoms with Crippen LogP contribution in [-0.2, 0) is 6.54 Å². The normalized spacial score (nSPS) is 16.8. The molecule has 2 heterocycles. The number of amides is 2. The first-order valence-corrected chi connectivity index (χ1v) is 8.67. The second-order valence-corrected chi connectivity index (χ2v) is 6.68. The quantitative estimate of drug-likeness (QED) is 0.862. The highest BCUT2D eigenvalue weighted by molar-refractivity contribution is 5.98. The summed E-state index contributed by atoms with van der Waals surface area (Å²) in [5.41, 5.74) is 7.83. The number of likely N-dealkylation sites (N-methyl/N-ethyl adjacent to an activating group) is 1. The van der Waals surface area contributed by atoms with Crippen LogP contribution in [0.25, 0.3) is 0 Å². The first-order chi connectivity index (χ1) is 12.5. The van der Waals surface area contributed by atoms with Crippen LogP contribution in [0, 0.1) is 12.7 Å². The summed E-state index contributed by atoms with van der Waals surface area (Å²) in [6.07, 6.45) is 2.61. The molecule has 0 aliphatic carbocycles. The van der Waals surface area contributed by atoms with Crippen molar-refractivity contribution >= 4 is 17.4 Å². The minimum absolute atomic E-state index is 0.138. The molecule has 0 unspecified atom stereocenters. The summed E-state index contributed by atoms with van der Waals surface area (Å²) in [4.78, 5) is 19.6. The van der Waals surface area contributed by atoms with Crippen LogP contribution < -0.4 is 16.0 Å². The van der Waals surface area contributed by atoms with Crippen molar-refractivity contribution in [1.82, 2.24) is 15.2 Å². The summed E-state index contributed by atoms with van der Waals surface area (Å²) in [5.74, 6) is -0.502. The Bertz CT molecular complexity index is 774. The Kier molecular flexibility index (Phi) is 5.49. The zero-order chi connectivity index (χ0) is 18.7. The van der Waals surface area contributed by atoms with E-state index in [1.807, 2.05) is 6.92 Å². The van der Waals surface area contributed by atoms with Gasteiger partial charge >= 0.3 is 6.03 Å². The van der Waals surface area contributed by atoms with Crippen molar-refractivity contribution in [2.45, 2.75) is 25.9 Å². The lowest BCUT2D eigenvalue weighted by molar-refractivity contribution is 0.249. The lowest BCUT2D eigenvalue weighted by atomic mass is 10.1. The van der Waals surface area contributed by atoms with Gasteiger partial charge in [-0.15, -0.1) is 0 Å². The van der Waals surface area contributed by atoms with E-state index in [1.165, 1.54) is 12.3 Å². The Morgan fingerprint density at radius 2 is 2.19 bits per heavy atom. The molecule has 2 aromatic rings. The van der Waals surface area contributed by atoms with Crippen molar-refractivity contribution in [3.8, 4) is 0 Å². The molecule has 2 amide bonds. The Labute approximate surface area is 152 Å². The van der Waals surface area contributed by atoms with E-state index in [0.29, 0.717) is 18.3 Å². The summed E-state index contributed by atoms with van der Waals surface area (Å²) >= 11 is 0. The monoisotopic (exact) mass is 357 g/mol. The summed E-state index contributed by atoms with van der Waals surface area (Å²) in [6, 6.07) is 7.97. The van der Waals surface area contributed by atoms with Crippen molar-refractivity contribution in [3.63, 3.8) is 0 Å². The van der Waals surface area contributed by atoms with Crippen LogP contribution in [-0.4, -0.2) is 42.1 Å². The molecule has 1 aromatic heterocycles. The smallest absolute Gasteiger partial charge is 0.324 e. The van der Waals surface area contributed by atoms with Gasteiger partial charge in [0.25, 0.3) is 0 Å². The largest absolute Gasteiger partial charge is 0.351 e. The van der Waals surface area contributed by atoms with Gasteiger partial charge in [-0.05, 0) is 56.8 Å². The molecule has 6 nitrogen and oxygen atoms in total. The van der Waals surface area contributed by atoms with Crippen molar-refractivity contribution in [2.24, 2.45) is 5.73 Å². The number of anilines is 2. The van der Waals surface area contributed by atoms with Gasteiger partial charge < -0.3 is 11.1 Å². The third kappa shape index (κ3) is 4.00. The van der Waals surface area contributed by atoms with Gasteiger partial charge in [0.1, 0.15) is 5.82 Å². The summed E-state index contributed by atoms with van der Waals surface area (Å²) in [6.45, 7) is 4.47. The van der Waals surface area contributed by atoms with Gasteiger partial charge in [-0.3, -0.25) is 14.8 Å². The van der Waals surface area contributed by atoms with Crippen LogP contribution in [0.15, 0.2) is 36.5 Å². The molecule has 138 valence electrons. The number of nitrogens with zero attached hydrogens (tertiary/aromatic N) is 3. The lowest BCUT2D eigenvalue weighted by Crippen LogP contribution is -2.34. The van der Waals surface area contributed by atoms with E-state index in [4.69, 9.17) is 5.73 Å². The second kappa shape index (κ2) is 7.80. The van der Waals surface area contributed by atoms with Crippen LogP contribution in [0.3, 0.4) is 0 Å². The average Bonchev–Trinajstić information content (AvgIpc) is 3.14. The molecule has 0 spiro atoms. The van der Waals surface area contributed by atoms with Crippen LogP contribution in [0.4, 0.5) is 20.6 Å². The van der Waals surface area contributed by atoms with E-state index in [1.54, 1.807) is 24.3 Å². The zero-order valence-electron chi connectivity index (χ0n) is 15.1. The van der Waals surface area contributed by atoms with Crippen LogP contribution in [0.5, 0.6) is 0 Å². The van der Waals surface area contributed by atoms with Crippen LogP contribution in [0.1, 0.15) is 17.7 Å². The molecule has 1 aromatic carbocycles. The first-order valence-electron chi connectivity index (χ1n) is 8.67. The molecule has 3 N–H and O–H groups in total. The molecular formula is C19H24FN5O. The Balaban J connectivity index is 1.89. The lowest BCUT2D eigenvalue weighted by Gasteiger charge is -2.25. The highest BCUT2D eigenvalue weighted by atomic mass is 19.1. The Morgan fingerprint density at radius 3 is 2.81 bits per heavy atom. The second-order valence-electron chi connectivity index (χ2n) is 6.68. The molecule has 7 heteroatoms. The molecule has 1 fully saturated rings. The van der Waals surface area contributed by atoms with Gasteiger partial charge in [0.15, 0.2) is 0 Å². The molecule has 0 radical (unpaired) electrons. The van der Waals surface area contributed by atoms with Crippen LogP contribution in [0.2, 0.25) is 0 Å². The first kappa shape index (κ1) is 18.3. The number of hydrogen-bond donors (Lipinski definition) is 2. The maximum atomic E-state index is 14.5. The highest BCUT2D eigenvalue weighted by Crippen LogP contribution is 2.29. The van der Waals surface area contributed by atoms with Crippen LogP contribution >= 0.6 is 0 Å². The Hall–Kier alpha value is -2.51. The standard InChI is InChI=1S/C19H24FN5O/c1-13-3-5-16(11-23-13)25(19(21)26)18-9-14(4-6-17(18)20)12-24(2)15-7-8-22-10-15/h3-6,9,11,15,22H,7-8,10,12H2,1-2H3,(H2,21,26)/t15-/m1/s1. The number of hydrogen-bond acceptors (Lipinski definition) is 4. The number of aryl methyl sites for hydroxylation is 1. The van der Waals surface area contributed by atoms with Gasteiger partial charge in [0, 0.05) is 24.8 Å². The summed E-state index contributed by atoms with van der Waals surface area (Å²) in [7, 11) is 2.05. The third-order valence-corrected chi connectivity index (χ3v) is 4.72. The number of primary amides is 1. The minimum Gasteiger partial charge on any atom is -0.351 e. The SMILES string of the molecule is Cc1ccc(N(C(N)=O)c2cc(CN(C)[C@@H]3CCNC3)ccc2F)cn1. The number of aromatic nitrogens is 1. The molecule has 1 aliphatic heterocycles. The van der Waals surface area contributed by atoms with E-state index in [2.05, 4.69) is 22.2 Å². The highest BCUT2D eigenvalue weighted by Gasteiger charge is 2.22. The Morgan fingerprint density at radius 1 is 1.38 bits per heavy atom. The summed E-state index contributed by atoms with van der Waals surface area (Å²) < 4.78 is 14.5. The number of halogens is 1. The van der Waals surface area contributed by atoms with Crippen molar-refractivity contribution in [2.75, 3.05) is 25.0 Å². The van der Waals surface area contributed by atoms with E-state index in [-0.39, 0.29) is 5.69 Å². The average molecular weight is 357 g/mol. The zero-order valence-corrected chi connectivity index (χ0v) is 15.1. The van der Waals surface area contributed by atoms with Crippen molar-refractivity contribution in [3.05, 3.63) is 53.6 Å². The predicted octanol–water partition coefficient (Wildman–Crippen LogP) is 2.54. The predicted molar refractivity (Wildman–Crippen MR) is 99.8 cm³/mol. The van der Waals surface area contributed by atoms with E-state index >= 15 is 0 Å². The molecule has 0 bridgehead atoms. The van der Waals surface area contributed by atoms with Gasteiger partial charge in [0.2, 0.25) is 0 Å². The topological polar surface area (TPSA) is 74.5 Å². The number of pyridine rings is 1. The number of urea groups is 1. The number of benzene rings is 1. The molecule has 3 rings (SSSR count). The van der Waals surface area contributed by atoms with Crippen molar-refractivity contribution < 1.29 is 9.18 Å². The number of nitrogens with one attached hydrogen (secondary N) is 1. The number of nitrogens with two attached hydrogens (primary N) is 1. The minimum atomic E-state index is -0.750. The summed E-state index contributed by atoms with van der Waals surface area (Å²) in [5, 5.41) is 3.34. The molecule has 1 atom stereocenters. The maximum Gasteiger partial charge on any atom is 0.324 e. The van der Waals surface area contributed by atoms with Gasteiger partial charge in [0.05, 0.1) is 17.6 Å². The van der Waals surface area contributed by atoms with Gasteiger partial charge in [-0.1, -0.05) is 6.07 Å². The fourth-order valence-corrected chi connectivity index (χ4v) is 3.24. The number of carbonyl (C=O) groups excluding carboxylic acids is 1. The fraction of sp³-hybridized carbons (Fsp3) is 0.368. The third-order valence-electron chi connectivity index (χ3n) is 4.72. The van der Waals surface area contributed by atoms with Gasteiger partial charge in [-0.25, -0.2) is 9.18 Å². The van der Waals surface area contributed by atoms with Crippen molar-refractivity contribution in [1.29, 1.82) is 0 Å². The van der Waals surface area contributed by atoms with E-state index < -0.39 is 11.8 Å². The van der Waals surface area contributed by atoms with Gasteiger partial charge in [-0.2, -0.15) is 0 Å². The molecule has 1 aliphatic rings. The number of rotatable bonds is 5. The van der Waals surface area contributed by atoms with E-state index in [0.717, 1.165) is 35.7 Å². The molecule has 0 saturated carbocycles. The molecule has 1 saturated heterocycles. The van der Waals surface area contributed by atoms with E-state index in [9.17, 15) is 9.18 Å². The molecular weight excluding hydrogens is 333 g/mol. The fourth-order valence-electron chi connectivity index (χ4n) is 3.24. The maximum absolute atomic E-state index is 14.5. The number of carbonyl (C=O) groups is 1.